The highest BCUT2D eigenvalue weighted by atomic mass is 127. The zero-order chi connectivity index (χ0) is 9.26. The first kappa shape index (κ1) is 8.74. The van der Waals surface area contributed by atoms with Gasteiger partial charge in [-0.1, -0.05) is 12.1 Å². The fourth-order valence-corrected chi connectivity index (χ4v) is 1.82. The van der Waals surface area contributed by atoms with E-state index in [1.165, 1.54) is 14.7 Å². The van der Waals surface area contributed by atoms with Crippen molar-refractivity contribution in [3.63, 3.8) is 0 Å². The summed E-state index contributed by atoms with van der Waals surface area (Å²) in [5, 5.41) is 6.76. The van der Waals surface area contributed by atoms with Crippen molar-refractivity contribution < 1.29 is 0 Å². The van der Waals surface area contributed by atoms with Crippen molar-refractivity contribution in [1.82, 2.24) is 10.2 Å². The molecule has 1 aromatic carbocycles. The van der Waals surface area contributed by atoms with E-state index in [9.17, 15) is 0 Å². The Morgan fingerprint density at radius 2 is 2.23 bits per heavy atom. The van der Waals surface area contributed by atoms with Gasteiger partial charge in [-0.2, -0.15) is 5.10 Å². The van der Waals surface area contributed by atoms with E-state index in [0.29, 0.717) is 0 Å². The molecule has 0 saturated heterocycles. The van der Waals surface area contributed by atoms with Crippen molar-refractivity contribution >= 4 is 22.6 Å². The number of H-pyrrole nitrogens is 1. The first-order valence-electron chi connectivity index (χ1n) is 4.03. The summed E-state index contributed by atoms with van der Waals surface area (Å²) in [6.45, 7) is 2.13. The summed E-state index contributed by atoms with van der Waals surface area (Å²) < 4.78 is 1.29. The van der Waals surface area contributed by atoms with Crippen molar-refractivity contribution in [2.24, 2.45) is 0 Å². The Hall–Kier alpha value is -0.840. The second-order valence-corrected chi connectivity index (χ2v) is 4.06. The standard InChI is InChI=1S/C10H9IN2/c1-7-9(3-2-4-10(7)11)8-5-12-13-6-8/h2-6H,1H3,(H,12,13). The molecule has 1 heterocycles. The Kier molecular flexibility index (Phi) is 2.35. The molecule has 13 heavy (non-hydrogen) atoms. The van der Waals surface area contributed by atoms with Crippen molar-refractivity contribution in [3.8, 4) is 11.1 Å². The number of halogens is 1. The summed E-state index contributed by atoms with van der Waals surface area (Å²) in [6, 6.07) is 6.29. The van der Waals surface area contributed by atoms with Crippen LogP contribution in [0, 0.1) is 10.5 Å². The largest absolute Gasteiger partial charge is 0.285 e. The third kappa shape index (κ3) is 1.60. The topological polar surface area (TPSA) is 28.7 Å². The molecule has 1 aromatic heterocycles. The molecule has 0 bridgehead atoms. The highest BCUT2D eigenvalue weighted by Crippen LogP contribution is 2.25. The maximum absolute atomic E-state index is 3.94. The van der Waals surface area contributed by atoms with Crippen LogP contribution in [0.2, 0.25) is 0 Å². The zero-order valence-corrected chi connectivity index (χ0v) is 9.37. The first-order chi connectivity index (χ1) is 6.29. The summed E-state index contributed by atoms with van der Waals surface area (Å²) in [5.74, 6) is 0. The number of nitrogens with one attached hydrogen (secondary N) is 1. The van der Waals surface area contributed by atoms with Crippen LogP contribution in [0.1, 0.15) is 5.56 Å². The number of aromatic nitrogens is 2. The minimum absolute atomic E-state index is 1.15. The van der Waals surface area contributed by atoms with E-state index in [1.54, 1.807) is 0 Å². The lowest BCUT2D eigenvalue weighted by Gasteiger charge is -2.04. The van der Waals surface area contributed by atoms with E-state index < -0.39 is 0 Å². The molecule has 2 nitrogen and oxygen atoms in total. The average Bonchev–Trinajstić information content (AvgIpc) is 2.62. The summed E-state index contributed by atoms with van der Waals surface area (Å²) in [6.07, 6.45) is 3.76. The predicted octanol–water partition coefficient (Wildman–Crippen LogP) is 2.99. The van der Waals surface area contributed by atoms with Gasteiger partial charge in [0, 0.05) is 15.3 Å². The molecule has 0 saturated carbocycles. The van der Waals surface area contributed by atoms with Gasteiger partial charge in [-0.05, 0) is 46.7 Å². The molecule has 0 fully saturated rings. The molecule has 0 aliphatic heterocycles. The normalized spacial score (nSPS) is 10.3. The fraction of sp³-hybridized carbons (Fsp3) is 0.100. The van der Waals surface area contributed by atoms with Crippen LogP contribution in [0.15, 0.2) is 30.6 Å². The minimum Gasteiger partial charge on any atom is -0.285 e. The van der Waals surface area contributed by atoms with E-state index in [-0.39, 0.29) is 0 Å². The second-order valence-electron chi connectivity index (χ2n) is 2.90. The number of nitrogens with zero attached hydrogens (tertiary/aromatic N) is 1. The lowest BCUT2D eigenvalue weighted by molar-refractivity contribution is 1.09. The summed E-state index contributed by atoms with van der Waals surface area (Å²) in [5.41, 5.74) is 3.71. The zero-order valence-electron chi connectivity index (χ0n) is 7.21. The molecular weight excluding hydrogens is 275 g/mol. The Balaban J connectivity index is 2.59. The molecule has 1 N–H and O–H groups in total. The minimum atomic E-state index is 1.15. The van der Waals surface area contributed by atoms with E-state index in [4.69, 9.17) is 0 Å². The van der Waals surface area contributed by atoms with Crippen molar-refractivity contribution in [1.29, 1.82) is 0 Å². The lowest BCUT2D eigenvalue weighted by Crippen LogP contribution is -1.84. The Labute approximate surface area is 90.5 Å². The molecule has 66 valence electrons. The van der Waals surface area contributed by atoms with Gasteiger partial charge in [-0.15, -0.1) is 0 Å². The van der Waals surface area contributed by atoms with Crippen molar-refractivity contribution in [2.45, 2.75) is 6.92 Å². The Morgan fingerprint density at radius 1 is 1.38 bits per heavy atom. The fourth-order valence-electron chi connectivity index (χ4n) is 1.32. The van der Waals surface area contributed by atoms with Crippen molar-refractivity contribution in [3.05, 3.63) is 39.7 Å². The number of hydrogen-bond donors (Lipinski definition) is 1. The molecule has 3 heteroatoms. The molecule has 0 radical (unpaired) electrons. The average molecular weight is 284 g/mol. The summed E-state index contributed by atoms with van der Waals surface area (Å²) in [7, 11) is 0. The van der Waals surface area contributed by atoms with Crippen LogP contribution in [0.25, 0.3) is 11.1 Å². The maximum Gasteiger partial charge on any atom is 0.0565 e. The van der Waals surface area contributed by atoms with Crippen LogP contribution in [0.4, 0.5) is 0 Å². The second kappa shape index (κ2) is 3.49. The van der Waals surface area contributed by atoms with E-state index in [1.807, 2.05) is 12.4 Å². The van der Waals surface area contributed by atoms with Crippen LogP contribution in [0.3, 0.4) is 0 Å². The van der Waals surface area contributed by atoms with Gasteiger partial charge >= 0.3 is 0 Å². The van der Waals surface area contributed by atoms with Crippen LogP contribution in [-0.4, -0.2) is 10.2 Å². The molecule has 2 aromatic rings. The Morgan fingerprint density at radius 3 is 2.92 bits per heavy atom. The SMILES string of the molecule is Cc1c(I)cccc1-c1cn[nH]c1. The quantitative estimate of drug-likeness (QED) is 0.801. The number of aromatic amines is 1. The molecule has 0 spiro atoms. The monoisotopic (exact) mass is 284 g/mol. The predicted molar refractivity (Wildman–Crippen MR) is 61.5 cm³/mol. The molecule has 0 unspecified atom stereocenters. The highest BCUT2D eigenvalue weighted by Gasteiger charge is 2.04. The maximum atomic E-state index is 3.94. The molecular formula is C10H9IN2. The van der Waals surface area contributed by atoms with Crippen LogP contribution in [-0.2, 0) is 0 Å². The van der Waals surface area contributed by atoms with Crippen LogP contribution in [0.5, 0.6) is 0 Å². The summed E-state index contributed by atoms with van der Waals surface area (Å²) >= 11 is 2.34. The molecule has 2 rings (SSSR count). The lowest BCUT2D eigenvalue weighted by atomic mass is 10.0. The third-order valence-corrected chi connectivity index (χ3v) is 3.25. The van der Waals surface area contributed by atoms with Gasteiger partial charge in [0.2, 0.25) is 0 Å². The van der Waals surface area contributed by atoms with Gasteiger partial charge in [0.25, 0.3) is 0 Å². The van der Waals surface area contributed by atoms with Gasteiger partial charge in [-0.3, -0.25) is 5.10 Å². The van der Waals surface area contributed by atoms with Gasteiger partial charge in [0.1, 0.15) is 0 Å². The number of rotatable bonds is 1. The van der Waals surface area contributed by atoms with Crippen LogP contribution < -0.4 is 0 Å². The number of hydrogen-bond acceptors (Lipinski definition) is 1. The first-order valence-corrected chi connectivity index (χ1v) is 5.11. The summed E-state index contributed by atoms with van der Waals surface area (Å²) in [4.78, 5) is 0. The highest BCUT2D eigenvalue weighted by molar-refractivity contribution is 14.1. The molecule has 0 aliphatic carbocycles. The van der Waals surface area contributed by atoms with Gasteiger partial charge in [0.15, 0.2) is 0 Å². The smallest absolute Gasteiger partial charge is 0.0565 e. The molecule has 0 aliphatic rings. The van der Waals surface area contributed by atoms with Crippen molar-refractivity contribution in [2.75, 3.05) is 0 Å². The van der Waals surface area contributed by atoms with E-state index in [2.05, 4.69) is 57.9 Å². The van der Waals surface area contributed by atoms with Gasteiger partial charge in [0.05, 0.1) is 6.20 Å². The van der Waals surface area contributed by atoms with Gasteiger partial charge in [-0.25, -0.2) is 0 Å². The molecule has 0 atom stereocenters. The molecule has 0 amide bonds. The van der Waals surface area contributed by atoms with Gasteiger partial charge < -0.3 is 0 Å². The number of benzene rings is 1. The third-order valence-electron chi connectivity index (χ3n) is 2.08. The van der Waals surface area contributed by atoms with E-state index in [0.717, 1.165) is 5.56 Å². The van der Waals surface area contributed by atoms with Crippen LogP contribution >= 0.6 is 22.6 Å². The Bertz CT molecular complexity index is 407. The van der Waals surface area contributed by atoms with E-state index >= 15 is 0 Å².